The molecule has 0 atom stereocenters. The topological polar surface area (TPSA) is 65.1 Å². The SMILES string of the molecule is CCOCCOCCOCCN1C(=O)c2cccc3cccc(c23)C1=O. The summed E-state index contributed by atoms with van der Waals surface area (Å²) in [5, 5.41) is 1.65. The first-order valence-electron chi connectivity index (χ1n) is 8.85. The molecule has 0 radical (unpaired) electrons. The highest BCUT2D eigenvalue weighted by Crippen LogP contribution is 2.29. The minimum Gasteiger partial charge on any atom is -0.379 e. The van der Waals surface area contributed by atoms with Crippen LogP contribution in [0.4, 0.5) is 0 Å². The summed E-state index contributed by atoms with van der Waals surface area (Å²) in [6.07, 6.45) is 0. The molecule has 0 N–H and O–H groups in total. The van der Waals surface area contributed by atoms with E-state index in [0.29, 0.717) is 44.2 Å². The second kappa shape index (κ2) is 8.89. The Morgan fingerprint density at radius 2 is 1.31 bits per heavy atom. The highest BCUT2D eigenvalue weighted by Gasteiger charge is 2.32. The van der Waals surface area contributed by atoms with Crippen LogP contribution in [0, 0.1) is 0 Å². The first-order valence-corrected chi connectivity index (χ1v) is 8.85. The molecule has 3 rings (SSSR count). The van der Waals surface area contributed by atoms with Crippen LogP contribution in [-0.4, -0.2) is 62.9 Å². The number of nitrogens with zero attached hydrogens (tertiary/aromatic N) is 1. The molecule has 1 heterocycles. The van der Waals surface area contributed by atoms with Crippen molar-refractivity contribution < 1.29 is 23.8 Å². The fraction of sp³-hybridized carbons (Fsp3) is 0.400. The summed E-state index contributed by atoms with van der Waals surface area (Å²) >= 11 is 0. The molecule has 0 fully saturated rings. The average molecular weight is 357 g/mol. The number of imide groups is 1. The van der Waals surface area contributed by atoms with Crippen LogP contribution in [0.5, 0.6) is 0 Å². The molecule has 1 aliphatic heterocycles. The number of rotatable bonds is 10. The Bertz CT molecular complexity index is 738. The van der Waals surface area contributed by atoms with Gasteiger partial charge in [-0.25, -0.2) is 0 Å². The van der Waals surface area contributed by atoms with Gasteiger partial charge in [0.2, 0.25) is 0 Å². The highest BCUT2D eigenvalue weighted by atomic mass is 16.5. The molecule has 0 saturated heterocycles. The third-order valence-electron chi connectivity index (χ3n) is 4.26. The molecule has 2 amide bonds. The van der Waals surface area contributed by atoms with Gasteiger partial charge in [0.15, 0.2) is 0 Å². The Labute approximate surface area is 152 Å². The van der Waals surface area contributed by atoms with E-state index < -0.39 is 0 Å². The van der Waals surface area contributed by atoms with E-state index in [1.54, 1.807) is 12.1 Å². The van der Waals surface area contributed by atoms with E-state index in [1.165, 1.54) is 4.90 Å². The lowest BCUT2D eigenvalue weighted by atomic mass is 9.94. The lowest BCUT2D eigenvalue weighted by Gasteiger charge is -2.27. The zero-order valence-electron chi connectivity index (χ0n) is 14.9. The maximum Gasteiger partial charge on any atom is 0.261 e. The average Bonchev–Trinajstić information content (AvgIpc) is 2.67. The molecule has 0 aromatic heterocycles. The molecule has 6 heteroatoms. The van der Waals surface area contributed by atoms with Gasteiger partial charge < -0.3 is 14.2 Å². The second-order valence-corrected chi connectivity index (χ2v) is 5.89. The van der Waals surface area contributed by atoms with Gasteiger partial charge in [0.25, 0.3) is 11.8 Å². The number of carbonyl (C=O) groups excluding carboxylic acids is 2. The number of hydrogen-bond acceptors (Lipinski definition) is 5. The van der Waals surface area contributed by atoms with Gasteiger partial charge in [0, 0.05) is 23.1 Å². The van der Waals surface area contributed by atoms with E-state index in [9.17, 15) is 9.59 Å². The van der Waals surface area contributed by atoms with Gasteiger partial charge in [0.05, 0.1) is 39.6 Å². The fourth-order valence-corrected chi connectivity index (χ4v) is 3.02. The summed E-state index contributed by atoms with van der Waals surface area (Å²) in [5.74, 6) is -0.535. The quantitative estimate of drug-likeness (QED) is 0.483. The molecule has 138 valence electrons. The number of benzene rings is 2. The summed E-state index contributed by atoms with van der Waals surface area (Å²) < 4.78 is 16.0. The third kappa shape index (κ3) is 3.93. The molecule has 6 nitrogen and oxygen atoms in total. The molecule has 0 unspecified atom stereocenters. The number of carbonyl (C=O) groups is 2. The van der Waals surface area contributed by atoms with Crippen molar-refractivity contribution >= 4 is 22.6 Å². The molecule has 0 aliphatic carbocycles. The van der Waals surface area contributed by atoms with E-state index in [2.05, 4.69) is 0 Å². The summed E-state index contributed by atoms with van der Waals surface area (Å²) in [4.78, 5) is 26.6. The van der Waals surface area contributed by atoms with Crippen LogP contribution >= 0.6 is 0 Å². The van der Waals surface area contributed by atoms with Crippen LogP contribution in [-0.2, 0) is 14.2 Å². The third-order valence-corrected chi connectivity index (χ3v) is 4.26. The zero-order valence-corrected chi connectivity index (χ0v) is 14.9. The van der Waals surface area contributed by atoms with Crippen molar-refractivity contribution in [2.75, 3.05) is 46.2 Å². The monoisotopic (exact) mass is 357 g/mol. The van der Waals surface area contributed by atoms with Gasteiger partial charge in [-0.3, -0.25) is 14.5 Å². The van der Waals surface area contributed by atoms with E-state index in [0.717, 1.165) is 10.8 Å². The lowest BCUT2D eigenvalue weighted by Crippen LogP contribution is -2.42. The summed E-state index contributed by atoms with van der Waals surface area (Å²) in [6.45, 7) is 5.08. The van der Waals surface area contributed by atoms with Gasteiger partial charge in [-0.2, -0.15) is 0 Å². The van der Waals surface area contributed by atoms with Gasteiger partial charge in [-0.15, -0.1) is 0 Å². The molecule has 1 aliphatic rings. The molecule has 0 spiro atoms. The van der Waals surface area contributed by atoms with Crippen LogP contribution in [0.3, 0.4) is 0 Å². The zero-order chi connectivity index (χ0) is 18.4. The Kier molecular flexibility index (Phi) is 6.33. The molecular formula is C20H23NO5. The van der Waals surface area contributed by atoms with Crippen molar-refractivity contribution in [2.45, 2.75) is 6.92 Å². The largest absolute Gasteiger partial charge is 0.379 e. The van der Waals surface area contributed by atoms with Gasteiger partial charge in [-0.1, -0.05) is 24.3 Å². The predicted octanol–water partition coefficient (Wildman–Crippen LogP) is 2.51. The normalized spacial score (nSPS) is 13.7. The molecule has 26 heavy (non-hydrogen) atoms. The van der Waals surface area contributed by atoms with E-state index in [4.69, 9.17) is 14.2 Å². The number of hydrogen-bond donors (Lipinski definition) is 0. The maximum absolute atomic E-state index is 12.7. The van der Waals surface area contributed by atoms with Crippen molar-refractivity contribution in [1.82, 2.24) is 4.90 Å². The van der Waals surface area contributed by atoms with Crippen molar-refractivity contribution in [3.8, 4) is 0 Å². The molecule has 2 aromatic carbocycles. The van der Waals surface area contributed by atoms with Crippen molar-refractivity contribution in [3.05, 3.63) is 47.5 Å². The Morgan fingerprint density at radius 3 is 1.88 bits per heavy atom. The maximum atomic E-state index is 12.7. The molecule has 0 bridgehead atoms. The summed E-state index contributed by atoms with van der Waals surface area (Å²) in [6, 6.07) is 11.0. The van der Waals surface area contributed by atoms with E-state index in [1.807, 2.05) is 31.2 Å². The van der Waals surface area contributed by atoms with Crippen LogP contribution < -0.4 is 0 Å². The Morgan fingerprint density at radius 1 is 0.769 bits per heavy atom. The van der Waals surface area contributed by atoms with E-state index in [-0.39, 0.29) is 25.0 Å². The van der Waals surface area contributed by atoms with E-state index >= 15 is 0 Å². The van der Waals surface area contributed by atoms with Crippen LogP contribution in [0.2, 0.25) is 0 Å². The summed E-state index contributed by atoms with van der Waals surface area (Å²) in [5.41, 5.74) is 1.13. The van der Waals surface area contributed by atoms with Gasteiger partial charge in [0.1, 0.15) is 0 Å². The van der Waals surface area contributed by atoms with Crippen molar-refractivity contribution in [3.63, 3.8) is 0 Å². The predicted molar refractivity (Wildman–Crippen MR) is 97.4 cm³/mol. The first kappa shape index (κ1) is 18.5. The summed E-state index contributed by atoms with van der Waals surface area (Å²) in [7, 11) is 0. The van der Waals surface area contributed by atoms with Crippen molar-refractivity contribution in [1.29, 1.82) is 0 Å². The molecular weight excluding hydrogens is 334 g/mol. The van der Waals surface area contributed by atoms with Crippen molar-refractivity contribution in [2.24, 2.45) is 0 Å². The fourth-order valence-electron chi connectivity index (χ4n) is 3.02. The Hall–Kier alpha value is -2.28. The lowest BCUT2D eigenvalue weighted by molar-refractivity contribution is 0.0127. The standard InChI is InChI=1S/C20H23NO5/c1-2-24-11-12-26-14-13-25-10-9-21-19(22)16-7-3-5-15-6-4-8-17(18(15)16)20(21)23/h3-8H,2,9-14H2,1H3. The number of ether oxygens (including phenoxy) is 3. The molecule has 2 aromatic rings. The van der Waals surface area contributed by atoms with Crippen LogP contribution in [0.1, 0.15) is 27.6 Å². The highest BCUT2D eigenvalue weighted by molar-refractivity contribution is 6.25. The minimum atomic E-state index is -0.268. The number of amides is 2. The minimum absolute atomic E-state index is 0.224. The van der Waals surface area contributed by atoms with Crippen LogP contribution in [0.25, 0.3) is 10.8 Å². The van der Waals surface area contributed by atoms with Crippen LogP contribution in [0.15, 0.2) is 36.4 Å². The first-order chi connectivity index (χ1) is 12.7. The Balaban J connectivity index is 1.53. The second-order valence-electron chi connectivity index (χ2n) is 5.89. The molecule has 0 saturated carbocycles. The van der Waals surface area contributed by atoms with Gasteiger partial charge >= 0.3 is 0 Å². The smallest absolute Gasteiger partial charge is 0.261 e. The van der Waals surface area contributed by atoms with Gasteiger partial charge in [-0.05, 0) is 24.4 Å².